The van der Waals surface area contributed by atoms with E-state index in [1.807, 2.05) is 23.9 Å². The zero-order valence-corrected chi connectivity index (χ0v) is 14.1. The SMILES string of the molecule is CNCCC1CCN(CCn2c(C)csc2=O)CC1.Cl. The van der Waals surface area contributed by atoms with Crippen molar-refractivity contribution >= 4 is 23.7 Å². The molecule has 2 heterocycles. The number of hydrogen-bond acceptors (Lipinski definition) is 4. The molecule has 2 rings (SSSR count). The lowest BCUT2D eigenvalue weighted by atomic mass is 9.93. The second-order valence-corrected chi connectivity index (χ2v) is 6.29. The monoisotopic (exact) mass is 319 g/mol. The number of likely N-dealkylation sites (tertiary alicyclic amines) is 1. The molecule has 0 atom stereocenters. The van der Waals surface area contributed by atoms with Crippen LogP contribution in [-0.2, 0) is 6.54 Å². The molecule has 0 radical (unpaired) electrons. The van der Waals surface area contributed by atoms with Crippen LogP contribution >= 0.6 is 23.7 Å². The molecule has 1 N–H and O–H groups in total. The van der Waals surface area contributed by atoms with Gasteiger partial charge in [-0.2, -0.15) is 0 Å². The van der Waals surface area contributed by atoms with Crippen LogP contribution in [0.5, 0.6) is 0 Å². The molecule has 0 saturated carbocycles. The summed E-state index contributed by atoms with van der Waals surface area (Å²) < 4.78 is 1.90. The average molecular weight is 320 g/mol. The maximum Gasteiger partial charge on any atom is 0.307 e. The van der Waals surface area contributed by atoms with Crippen molar-refractivity contribution in [2.24, 2.45) is 5.92 Å². The van der Waals surface area contributed by atoms with Crippen LogP contribution < -0.4 is 10.2 Å². The summed E-state index contributed by atoms with van der Waals surface area (Å²) in [5, 5.41) is 5.18. The first kappa shape index (κ1) is 17.7. The van der Waals surface area contributed by atoms with Crippen molar-refractivity contribution in [1.82, 2.24) is 14.8 Å². The van der Waals surface area contributed by atoms with E-state index in [2.05, 4.69) is 10.2 Å². The van der Waals surface area contributed by atoms with Crippen molar-refractivity contribution in [3.8, 4) is 0 Å². The molecular weight excluding hydrogens is 294 g/mol. The number of nitrogens with one attached hydrogen (secondary N) is 1. The van der Waals surface area contributed by atoms with Gasteiger partial charge in [-0.1, -0.05) is 11.3 Å². The second-order valence-electron chi connectivity index (χ2n) is 5.47. The molecule has 6 heteroatoms. The largest absolute Gasteiger partial charge is 0.320 e. The Bertz CT molecular complexity index is 438. The first-order valence-electron chi connectivity index (χ1n) is 7.22. The van der Waals surface area contributed by atoms with Crippen molar-refractivity contribution in [3.63, 3.8) is 0 Å². The molecule has 0 aliphatic carbocycles. The Balaban J connectivity index is 0.00000200. The van der Waals surface area contributed by atoms with E-state index in [1.54, 1.807) is 0 Å². The van der Waals surface area contributed by atoms with Crippen LogP contribution in [0.4, 0.5) is 0 Å². The maximum atomic E-state index is 11.6. The van der Waals surface area contributed by atoms with Crippen molar-refractivity contribution in [2.45, 2.75) is 32.7 Å². The number of nitrogens with zero attached hydrogens (tertiary/aromatic N) is 2. The Morgan fingerprint density at radius 3 is 2.60 bits per heavy atom. The lowest BCUT2D eigenvalue weighted by Gasteiger charge is -2.32. The molecule has 20 heavy (non-hydrogen) atoms. The summed E-state index contributed by atoms with van der Waals surface area (Å²) in [6.07, 6.45) is 3.91. The van der Waals surface area contributed by atoms with Gasteiger partial charge in [-0.15, -0.1) is 12.4 Å². The molecule has 1 saturated heterocycles. The van der Waals surface area contributed by atoms with Gasteiger partial charge in [0.2, 0.25) is 0 Å². The van der Waals surface area contributed by atoms with Gasteiger partial charge in [0.25, 0.3) is 0 Å². The molecule has 1 aromatic heterocycles. The summed E-state index contributed by atoms with van der Waals surface area (Å²) in [7, 11) is 2.02. The summed E-state index contributed by atoms with van der Waals surface area (Å²) >= 11 is 1.31. The van der Waals surface area contributed by atoms with Gasteiger partial charge in [-0.3, -0.25) is 4.79 Å². The van der Waals surface area contributed by atoms with E-state index >= 15 is 0 Å². The van der Waals surface area contributed by atoms with Crippen LogP contribution in [0.15, 0.2) is 10.2 Å². The number of thiazole rings is 1. The van der Waals surface area contributed by atoms with Gasteiger partial charge in [0.15, 0.2) is 0 Å². The molecule has 0 spiro atoms. The second kappa shape index (κ2) is 8.82. The predicted molar refractivity (Wildman–Crippen MR) is 88.3 cm³/mol. The van der Waals surface area contributed by atoms with E-state index in [0.29, 0.717) is 0 Å². The third-order valence-corrected chi connectivity index (χ3v) is 5.01. The van der Waals surface area contributed by atoms with Crippen LogP contribution in [-0.4, -0.2) is 42.7 Å². The first-order valence-corrected chi connectivity index (χ1v) is 8.10. The van der Waals surface area contributed by atoms with Crippen molar-refractivity contribution < 1.29 is 0 Å². The summed E-state index contributed by atoms with van der Waals surface area (Å²) in [4.78, 5) is 14.3. The highest BCUT2D eigenvalue weighted by Crippen LogP contribution is 2.19. The molecule has 0 amide bonds. The molecular formula is C14H26ClN3OS. The van der Waals surface area contributed by atoms with E-state index in [1.165, 1.54) is 43.7 Å². The molecule has 0 bridgehead atoms. The Morgan fingerprint density at radius 1 is 1.35 bits per heavy atom. The Kier molecular flexibility index (Phi) is 7.80. The van der Waals surface area contributed by atoms with Gasteiger partial charge in [-0.25, -0.2) is 0 Å². The normalized spacial score (nSPS) is 17.1. The topological polar surface area (TPSA) is 37.3 Å². The quantitative estimate of drug-likeness (QED) is 0.871. The average Bonchev–Trinajstić information content (AvgIpc) is 2.75. The number of rotatable bonds is 6. The van der Waals surface area contributed by atoms with Gasteiger partial charge in [-0.05, 0) is 58.8 Å². The molecule has 1 aromatic rings. The minimum absolute atomic E-state index is 0. The van der Waals surface area contributed by atoms with Gasteiger partial charge >= 0.3 is 4.87 Å². The number of hydrogen-bond donors (Lipinski definition) is 1. The highest BCUT2D eigenvalue weighted by atomic mass is 35.5. The Labute approximate surface area is 131 Å². The van der Waals surface area contributed by atoms with E-state index in [4.69, 9.17) is 0 Å². The van der Waals surface area contributed by atoms with E-state index in [9.17, 15) is 4.79 Å². The molecule has 116 valence electrons. The molecule has 4 nitrogen and oxygen atoms in total. The highest BCUT2D eigenvalue weighted by Gasteiger charge is 2.18. The molecule has 1 aliphatic rings. The number of halogens is 1. The first-order chi connectivity index (χ1) is 9.20. The number of piperidine rings is 1. The maximum absolute atomic E-state index is 11.6. The standard InChI is InChI=1S/C14H25N3OS.ClH/c1-12-11-19-14(18)17(12)10-9-16-7-4-13(5-8-16)3-6-15-2;/h11,13,15H,3-10H2,1-2H3;1H. The molecule has 0 aromatic carbocycles. The zero-order chi connectivity index (χ0) is 13.7. The predicted octanol–water partition coefficient (Wildman–Crippen LogP) is 1.96. The van der Waals surface area contributed by atoms with E-state index in [-0.39, 0.29) is 17.3 Å². The number of aromatic nitrogens is 1. The minimum Gasteiger partial charge on any atom is -0.320 e. The molecule has 1 fully saturated rings. The third kappa shape index (κ3) is 4.88. The third-order valence-electron chi connectivity index (χ3n) is 4.13. The van der Waals surface area contributed by atoms with E-state index in [0.717, 1.165) is 31.2 Å². The van der Waals surface area contributed by atoms with Crippen LogP contribution in [0.25, 0.3) is 0 Å². The van der Waals surface area contributed by atoms with Crippen molar-refractivity contribution in [1.29, 1.82) is 0 Å². The molecule has 1 aliphatic heterocycles. The van der Waals surface area contributed by atoms with E-state index < -0.39 is 0 Å². The lowest BCUT2D eigenvalue weighted by molar-refractivity contribution is 0.173. The highest BCUT2D eigenvalue weighted by molar-refractivity contribution is 7.07. The van der Waals surface area contributed by atoms with Crippen LogP contribution in [0.1, 0.15) is 25.0 Å². The summed E-state index contributed by atoms with van der Waals surface area (Å²) in [5.41, 5.74) is 1.10. The summed E-state index contributed by atoms with van der Waals surface area (Å²) in [6, 6.07) is 0. The van der Waals surface area contributed by atoms with Gasteiger partial charge in [0, 0.05) is 24.2 Å². The Morgan fingerprint density at radius 2 is 2.05 bits per heavy atom. The van der Waals surface area contributed by atoms with Crippen LogP contribution in [0.2, 0.25) is 0 Å². The summed E-state index contributed by atoms with van der Waals surface area (Å²) in [6.45, 7) is 7.38. The number of aryl methyl sites for hydroxylation is 1. The zero-order valence-electron chi connectivity index (χ0n) is 12.4. The van der Waals surface area contributed by atoms with Crippen molar-refractivity contribution in [2.75, 3.05) is 33.2 Å². The fraction of sp³-hybridized carbons (Fsp3) is 0.786. The smallest absolute Gasteiger partial charge is 0.307 e. The molecule has 0 unspecified atom stereocenters. The lowest BCUT2D eigenvalue weighted by Crippen LogP contribution is -2.37. The van der Waals surface area contributed by atoms with Gasteiger partial charge < -0.3 is 14.8 Å². The minimum atomic E-state index is 0. The van der Waals surface area contributed by atoms with Crippen LogP contribution in [0.3, 0.4) is 0 Å². The van der Waals surface area contributed by atoms with Gasteiger partial charge in [0.1, 0.15) is 0 Å². The fourth-order valence-corrected chi connectivity index (χ4v) is 3.52. The van der Waals surface area contributed by atoms with Gasteiger partial charge in [0.05, 0.1) is 0 Å². The fourth-order valence-electron chi connectivity index (χ4n) is 2.76. The van der Waals surface area contributed by atoms with Crippen molar-refractivity contribution in [3.05, 3.63) is 20.7 Å². The Hall–Kier alpha value is -0.360. The summed E-state index contributed by atoms with van der Waals surface area (Å²) in [5.74, 6) is 0.884. The van der Waals surface area contributed by atoms with Crippen LogP contribution in [0, 0.1) is 12.8 Å².